The van der Waals surface area contributed by atoms with Gasteiger partial charge in [0, 0.05) is 17.6 Å². The number of allylic oxidation sites excluding steroid dienone is 3. The van der Waals surface area contributed by atoms with Gasteiger partial charge in [-0.25, -0.2) is 0 Å². The summed E-state index contributed by atoms with van der Waals surface area (Å²) in [4.78, 5) is 0. The van der Waals surface area contributed by atoms with Crippen molar-refractivity contribution in [2.24, 2.45) is 0 Å². The molecule has 1 aromatic carbocycles. The third-order valence-electron chi connectivity index (χ3n) is 3.44. The van der Waals surface area contributed by atoms with Crippen LogP contribution >= 0.6 is 0 Å². The molecule has 0 atom stereocenters. The average Bonchev–Trinajstić information content (AvgIpc) is 2.77. The predicted molar refractivity (Wildman–Crippen MR) is 92.9 cm³/mol. The highest BCUT2D eigenvalue weighted by atomic mass is 16.3. The van der Waals surface area contributed by atoms with E-state index in [1.54, 1.807) is 12.1 Å². The maximum Gasteiger partial charge on any atom is 0.124 e. The van der Waals surface area contributed by atoms with Crippen LogP contribution in [0.4, 0.5) is 0 Å². The summed E-state index contributed by atoms with van der Waals surface area (Å²) in [5.74, 6) is 0.367. The molecule has 1 N–H and O–H groups in total. The number of aromatic hydroxyl groups is 1. The van der Waals surface area contributed by atoms with Gasteiger partial charge in [-0.3, -0.25) is 0 Å². The number of nitrogens with zero attached hydrogens (tertiary/aromatic N) is 1. The molecule has 1 heterocycles. The lowest BCUT2D eigenvalue weighted by Gasteiger charge is -2.11. The fourth-order valence-electron chi connectivity index (χ4n) is 2.42. The second kappa shape index (κ2) is 8.35. The van der Waals surface area contributed by atoms with E-state index < -0.39 is 0 Å². The van der Waals surface area contributed by atoms with Gasteiger partial charge in [0.2, 0.25) is 0 Å². The van der Waals surface area contributed by atoms with Gasteiger partial charge >= 0.3 is 0 Å². The Balaban J connectivity index is 0.000000677. The fraction of sp³-hybridized carbons (Fsp3) is 0.368. The lowest BCUT2D eigenvalue weighted by molar-refractivity contribution is 0.481. The van der Waals surface area contributed by atoms with Gasteiger partial charge < -0.3 is 9.67 Å². The van der Waals surface area contributed by atoms with Crippen molar-refractivity contribution in [2.45, 2.75) is 47.1 Å². The van der Waals surface area contributed by atoms with Crippen LogP contribution in [0, 0.1) is 6.92 Å². The molecular weight excluding hydrogens is 258 g/mol. The molecule has 0 radical (unpaired) electrons. The van der Waals surface area contributed by atoms with Gasteiger partial charge in [-0.1, -0.05) is 37.6 Å². The van der Waals surface area contributed by atoms with Crippen LogP contribution < -0.4 is 0 Å². The molecule has 0 saturated carbocycles. The zero-order valence-electron chi connectivity index (χ0n) is 13.7. The molecule has 0 amide bonds. The highest BCUT2D eigenvalue weighted by Crippen LogP contribution is 2.28. The van der Waals surface area contributed by atoms with Crippen LogP contribution in [0.1, 0.15) is 39.3 Å². The minimum absolute atomic E-state index is 0.367. The van der Waals surface area contributed by atoms with Crippen molar-refractivity contribution in [2.75, 3.05) is 0 Å². The van der Waals surface area contributed by atoms with Gasteiger partial charge in [0.1, 0.15) is 5.75 Å². The molecule has 0 aliphatic rings. The zero-order valence-corrected chi connectivity index (χ0v) is 13.7. The van der Waals surface area contributed by atoms with Crippen LogP contribution in [0.5, 0.6) is 5.75 Å². The minimum Gasteiger partial charge on any atom is -0.507 e. The molecule has 0 unspecified atom stereocenters. The largest absolute Gasteiger partial charge is 0.507 e. The molecule has 0 aliphatic heterocycles. The molecule has 2 aromatic rings. The molecule has 0 aliphatic carbocycles. The molecule has 114 valence electrons. The van der Waals surface area contributed by atoms with Gasteiger partial charge in [-0.05, 0) is 44.9 Å². The van der Waals surface area contributed by atoms with E-state index in [0.717, 1.165) is 30.3 Å². The summed E-state index contributed by atoms with van der Waals surface area (Å²) in [5.41, 5.74) is 3.76. The van der Waals surface area contributed by atoms with Gasteiger partial charge in [0.15, 0.2) is 0 Å². The summed E-state index contributed by atoms with van der Waals surface area (Å²) in [5, 5.41) is 10.8. The highest BCUT2D eigenvalue weighted by molar-refractivity contribution is 5.87. The number of rotatable bonds is 4. The lowest BCUT2D eigenvalue weighted by atomic mass is 10.1. The summed E-state index contributed by atoms with van der Waals surface area (Å²) in [6.07, 6.45) is 6.20. The van der Waals surface area contributed by atoms with Crippen LogP contribution in [0.15, 0.2) is 48.6 Å². The molecule has 0 saturated heterocycles. The molecular formula is C19H27NO. The Morgan fingerprint density at radius 1 is 1.33 bits per heavy atom. The van der Waals surface area contributed by atoms with E-state index >= 15 is 0 Å². The number of phenolic OH excluding ortho intramolecular Hbond substituents is 1. The van der Waals surface area contributed by atoms with Crippen molar-refractivity contribution >= 4 is 10.9 Å². The smallest absolute Gasteiger partial charge is 0.124 e. The van der Waals surface area contributed by atoms with Crippen LogP contribution in [-0.2, 0) is 6.54 Å². The number of aryl methyl sites for hydroxylation is 1. The summed E-state index contributed by atoms with van der Waals surface area (Å²) < 4.78 is 2.28. The Bertz CT molecular complexity index is 620. The predicted octanol–water partition coefficient (Wildman–Crippen LogP) is 5.59. The third kappa shape index (κ3) is 4.25. The van der Waals surface area contributed by atoms with Crippen LogP contribution in [-0.4, -0.2) is 9.67 Å². The van der Waals surface area contributed by atoms with Gasteiger partial charge in [0.25, 0.3) is 0 Å². The molecule has 0 fully saturated rings. The SMILES string of the molecule is C=CC.CC/C=C(\CC)Cn1c(C)cc2c(O)cccc21. The fourth-order valence-corrected chi connectivity index (χ4v) is 2.42. The maximum atomic E-state index is 9.88. The van der Waals surface area contributed by atoms with Crippen molar-refractivity contribution < 1.29 is 5.11 Å². The number of hydrogen-bond donors (Lipinski definition) is 1. The monoisotopic (exact) mass is 285 g/mol. The standard InChI is InChI=1S/C16H21NO.C3H6/c1-4-7-13(5-2)11-17-12(3)10-14-15(17)8-6-9-16(14)18;1-3-2/h6-10,18H,4-5,11H2,1-3H3;3H,1H2,2H3/b13-7+;. The van der Waals surface area contributed by atoms with Crippen molar-refractivity contribution in [1.29, 1.82) is 0 Å². The molecule has 21 heavy (non-hydrogen) atoms. The Morgan fingerprint density at radius 3 is 2.57 bits per heavy atom. The Kier molecular flexibility index (Phi) is 6.80. The summed E-state index contributed by atoms with van der Waals surface area (Å²) in [6.45, 7) is 12.6. The first kappa shape index (κ1) is 17.1. The van der Waals surface area contributed by atoms with E-state index in [1.165, 1.54) is 11.3 Å². The Hall–Kier alpha value is -1.96. The van der Waals surface area contributed by atoms with Crippen molar-refractivity contribution in [3.63, 3.8) is 0 Å². The second-order valence-corrected chi connectivity index (χ2v) is 5.11. The summed E-state index contributed by atoms with van der Waals surface area (Å²) >= 11 is 0. The lowest BCUT2D eigenvalue weighted by Crippen LogP contribution is -2.02. The van der Waals surface area contributed by atoms with E-state index in [0.29, 0.717) is 5.75 Å². The first-order valence-corrected chi connectivity index (χ1v) is 7.61. The summed E-state index contributed by atoms with van der Waals surface area (Å²) in [6, 6.07) is 7.78. The first-order chi connectivity index (χ1) is 10.1. The zero-order chi connectivity index (χ0) is 15.8. The van der Waals surface area contributed by atoms with Crippen molar-refractivity contribution in [1.82, 2.24) is 4.57 Å². The van der Waals surface area contributed by atoms with Gasteiger partial charge in [0.05, 0.1) is 5.52 Å². The van der Waals surface area contributed by atoms with Gasteiger partial charge in [-0.15, -0.1) is 6.58 Å². The van der Waals surface area contributed by atoms with Crippen LogP contribution in [0.2, 0.25) is 0 Å². The van der Waals surface area contributed by atoms with Gasteiger partial charge in [-0.2, -0.15) is 0 Å². The molecule has 2 nitrogen and oxygen atoms in total. The van der Waals surface area contributed by atoms with E-state index in [2.05, 4.69) is 50.1 Å². The molecule has 2 heteroatoms. The number of aromatic nitrogens is 1. The Morgan fingerprint density at radius 2 is 2.00 bits per heavy atom. The molecule has 1 aromatic heterocycles. The van der Waals surface area contributed by atoms with E-state index in [1.807, 2.05) is 13.0 Å². The highest BCUT2D eigenvalue weighted by Gasteiger charge is 2.09. The second-order valence-electron chi connectivity index (χ2n) is 5.11. The number of benzene rings is 1. The maximum absolute atomic E-state index is 9.88. The normalized spacial score (nSPS) is 11.1. The molecule has 0 spiro atoms. The van der Waals surface area contributed by atoms with E-state index in [-0.39, 0.29) is 0 Å². The molecule has 2 rings (SSSR count). The number of phenols is 1. The first-order valence-electron chi connectivity index (χ1n) is 7.61. The topological polar surface area (TPSA) is 25.2 Å². The molecule has 0 bridgehead atoms. The van der Waals surface area contributed by atoms with Crippen LogP contribution in [0.25, 0.3) is 10.9 Å². The quantitative estimate of drug-likeness (QED) is 0.727. The number of hydrogen-bond acceptors (Lipinski definition) is 1. The van der Waals surface area contributed by atoms with Crippen LogP contribution in [0.3, 0.4) is 0 Å². The number of fused-ring (bicyclic) bond motifs is 1. The summed E-state index contributed by atoms with van der Waals surface area (Å²) in [7, 11) is 0. The van der Waals surface area contributed by atoms with E-state index in [4.69, 9.17) is 0 Å². The average molecular weight is 285 g/mol. The van der Waals surface area contributed by atoms with E-state index in [9.17, 15) is 5.11 Å². The third-order valence-corrected chi connectivity index (χ3v) is 3.44. The Labute approximate surface area is 128 Å². The van der Waals surface area contributed by atoms with Crippen molar-refractivity contribution in [3.8, 4) is 5.75 Å². The minimum atomic E-state index is 0.367. The van der Waals surface area contributed by atoms with Crippen molar-refractivity contribution in [3.05, 3.63) is 54.3 Å².